The molecule has 16 heavy (non-hydrogen) atoms. The van der Waals surface area contributed by atoms with E-state index in [1.54, 1.807) is 0 Å². The van der Waals surface area contributed by atoms with Gasteiger partial charge in [0.25, 0.3) is 0 Å². The van der Waals surface area contributed by atoms with Crippen molar-refractivity contribution in [3.8, 4) is 6.07 Å². The first kappa shape index (κ1) is 12.9. The normalized spacial score (nSPS) is 11.9. The van der Waals surface area contributed by atoms with Crippen LogP contribution in [0.25, 0.3) is 0 Å². The van der Waals surface area contributed by atoms with Gasteiger partial charge in [0, 0.05) is 6.42 Å². The van der Waals surface area contributed by atoms with E-state index in [4.69, 9.17) is 5.26 Å². The second-order valence-corrected chi connectivity index (χ2v) is 4.82. The first-order valence-corrected chi connectivity index (χ1v) is 6.17. The molecule has 0 saturated carbocycles. The van der Waals surface area contributed by atoms with Crippen LogP contribution in [-0.4, -0.2) is 10.6 Å². The monoisotopic (exact) mass is 279 g/mol. The molecule has 1 aromatic carbocycles. The topological polar surface area (TPSA) is 40.9 Å². The summed E-state index contributed by atoms with van der Waals surface area (Å²) < 4.78 is 0. The Morgan fingerprint density at radius 1 is 1.56 bits per heavy atom. The summed E-state index contributed by atoms with van der Waals surface area (Å²) in [6.45, 7) is 3.75. The fourth-order valence-electron chi connectivity index (χ4n) is 1.59. The number of ketones is 1. The largest absolute Gasteiger partial charge is 0.298 e. The third kappa shape index (κ3) is 2.93. The Bertz CT molecular complexity index is 434. The van der Waals surface area contributed by atoms with Gasteiger partial charge >= 0.3 is 0 Å². The molecule has 0 N–H and O–H groups in total. The van der Waals surface area contributed by atoms with E-state index in [1.165, 1.54) is 0 Å². The maximum atomic E-state index is 11.5. The molecule has 0 aliphatic heterocycles. The molecule has 0 heterocycles. The van der Waals surface area contributed by atoms with Gasteiger partial charge in [-0.05, 0) is 24.5 Å². The van der Waals surface area contributed by atoms with Gasteiger partial charge in [-0.25, -0.2) is 0 Å². The lowest BCUT2D eigenvalue weighted by atomic mass is 9.98. The van der Waals surface area contributed by atoms with Crippen molar-refractivity contribution < 1.29 is 4.79 Å². The van der Waals surface area contributed by atoms with Crippen LogP contribution >= 0.6 is 15.9 Å². The molecule has 0 saturated heterocycles. The van der Waals surface area contributed by atoms with Gasteiger partial charge in [-0.1, -0.05) is 41.1 Å². The molecule has 0 aliphatic rings. The molecule has 84 valence electrons. The Morgan fingerprint density at radius 3 is 2.81 bits per heavy atom. The Labute approximate surface area is 104 Å². The van der Waals surface area contributed by atoms with Crippen molar-refractivity contribution in [2.45, 2.75) is 31.5 Å². The minimum absolute atomic E-state index is 0.172. The van der Waals surface area contributed by atoms with E-state index in [2.05, 4.69) is 22.0 Å². The van der Waals surface area contributed by atoms with Crippen LogP contribution in [0.1, 0.15) is 30.0 Å². The third-order valence-electron chi connectivity index (χ3n) is 2.57. The van der Waals surface area contributed by atoms with Crippen molar-refractivity contribution in [3.63, 3.8) is 0 Å². The van der Waals surface area contributed by atoms with Gasteiger partial charge in [-0.2, -0.15) is 5.26 Å². The summed E-state index contributed by atoms with van der Waals surface area (Å²) in [4.78, 5) is 11.3. The summed E-state index contributed by atoms with van der Waals surface area (Å²) in [5.41, 5.74) is 2.59. The van der Waals surface area contributed by atoms with Crippen LogP contribution in [0.5, 0.6) is 0 Å². The van der Waals surface area contributed by atoms with Gasteiger partial charge in [-0.15, -0.1) is 0 Å². The number of Topliss-reactive ketones (excluding diaryl/α,β-unsaturated/α-hetero) is 1. The first-order chi connectivity index (χ1) is 7.60. The quantitative estimate of drug-likeness (QED) is 0.795. The highest BCUT2D eigenvalue weighted by molar-refractivity contribution is 9.10. The number of hydrogen-bond acceptors (Lipinski definition) is 2. The van der Waals surface area contributed by atoms with E-state index in [-0.39, 0.29) is 10.6 Å². The molecule has 1 atom stereocenters. The zero-order valence-corrected chi connectivity index (χ0v) is 11.0. The lowest BCUT2D eigenvalue weighted by Gasteiger charge is -2.10. The average Bonchev–Trinajstić information content (AvgIpc) is 2.28. The maximum Gasteiger partial charge on any atom is 0.146 e. The molecule has 1 rings (SSSR count). The number of alkyl halides is 1. The molecule has 0 amide bonds. The zero-order chi connectivity index (χ0) is 12.1. The minimum atomic E-state index is -0.189. The summed E-state index contributed by atoms with van der Waals surface area (Å²) in [6.07, 6.45) is 1.10. The number of rotatable bonds is 4. The third-order valence-corrected chi connectivity index (χ3v) is 3.40. The van der Waals surface area contributed by atoms with Crippen molar-refractivity contribution >= 4 is 21.7 Å². The zero-order valence-electron chi connectivity index (χ0n) is 9.46. The maximum absolute atomic E-state index is 11.5. The van der Waals surface area contributed by atoms with Crippen molar-refractivity contribution in [2.24, 2.45) is 0 Å². The van der Waals surface area contributed by atoms with Crippen LogP contribution in [0.2, 0.25) is 0 Å². The fourth-order valence-corrected chi connectivity index (χ4v) is 2.26. The molecule has 1 aromatic rings. The Hall–Kier alpha value is -1.14. The minimum Gasteiger partial charge on any atom is -0.298 e. The average molecular weight is 280 g/mol. The SMILES string of the molecule is CCC(=O)C(Br)Cc1cccc(C)c1C#N. The van der Waals surface area contributed by atoms with E-state index in [0.717, 1.165) is 11.1 Å². The van der Waals surface area contributed by atoms with Crippen molar-refractivity contribution in [3.05, 3.63) is 34.9 Å². The standard InChI is InChI=1S/C13H14BrNO/c1-3-13(16)12(14)7-10-6-4-5-9(2)11(10)8-15/h4-6,12H,3,7H2,1-2H3. The van der Waals surface area contributed by atoms with E-state index < -0.39 is 0 Å². The number of halogens is 1. The van der Waals surface area contributed by atoms with E-state index >= 15 is 0 Å². The van der Waals surface area contributed by atoms with Crippen LogP contribution < -0.4 is 0 Å². The predicted octanol–water partition coefficient (Wildman–Crippen LogP) is 3.15. The van der Waals surface area contributed by atoms with Gasteiger partial charge in [0.15, 0.2) is 0 Å². The number of nitriles is 1. The molecule has 0 bridgehead atoms. The molecule has 1 unspecified atom stereocenters. The number of benzene rings is 1. The summed E-state index contributed by atoms with van der Waals surface area (Å²) in [5.74, 6) is 0.172. The van der Waals surface area contributed by atoms with Gasteiger partial charge < -0.3 is 0 Å². The number of hydrogen-bond donors (Lipinski definition) is 0. The molecule has 0 aliphatic carbocycles. The molecule has 0 aromatic heterocycles. The molecule has 0 fully saturated rings. The lowest BCUT2D eigenvalue weighted by molar-refractivity contribution is -0.118. The predicted molar refractivity (Wildman–Crippen MR) is 67.6 cm³/mol. The Morgan fingerprint density at radius 2 is 2.25 bits per heavy atom. The molecule has 0 spiro atoms. The highest BCUT2D eigenvalue weighted by Crippen LogP contribution is 2.18. The van der Waals surface area contributed by atoms with Gasteiger partial charge in [0.1, 0.15) is 5.78 Å². The van der Waals surface area contributed by atoms with E-state index in [1.807, 2.05) is 32.0 Å². The van der Waals surface area contributed by atoms with Crippen LogP contribution in [0.15, 0.2) is 18.2 Å². The van der Waals surface area contributed by atoms with Gasteiger partial charge in [0.2, 0.25) is 0 Å². The highest BCUT2D eigenvalue weighted by Gasteiger charge is 2.15. The number of aryl methyl sites for hydroxylation is 1. The van der Waals surface area contributed by atoms with Crippen molar-refractivity contribution in [1.29, 1.82) is 5.26 Å². The number of carbonyl (C=O) groups is 1. The smallest absolute Gasteiger partial charge is 0.146 e. The highest BCUT2D eigenvalue weighted by atomic mass is 79.9. The fraction of sp³-hybridized carbons (Fsp3) is 0.385. The lowest BCUT2D eigenvalue weighted by Crippen LogP contribution is -2.16. The summed E-state index contributed by atoms with van der Waals surface area (Å²) in [7, 11) is 0. The van der Waals surface area contributed by atoms with Crippen LogP contribution in [0.3, 0.4) is 0 Å². The molecular weight excluding hydrogens is 266 g/mol. The van der Waals surface area contributed by atoms with Crippen LogP contribution in [-0.2, 0) is 11.2 Å². The Kier molecular flexibility index (Phi) is 4.70. The second kappa shape index (κ2) is 5.81. The molecule has 2 nitrogen and oxygen atoms in total. The van der Waals surface area contributed by atoms with E-state index in [9.17, 15) is 4.79 Å². The van der Waals surface area contributed by atoms with Crippen molar-refractivity contribution in [1.82, 2.24) is 0 Å². The Balaban J connectivity index is 2.94. The summed E-state index contributed by atoms with van der Waals surface area (Å²) >= 11 is 3.37. The number of nitrogens with zero attached hydrogens (tertiary/aromatic N) is 1. The van der Waals surface area contributed by atoms with Crippen LogP contribution in [0.4, 0.5) is 0 Å². The van der Waals surface area contributed by atoms with Gasteiger partial charge in [-0.3, -0.25) is 4.79 Å². The van der Waals surface area contributed by atoms with Crippen molar-refractivity contribution in [2.75, 3.05) is 0 Å². The van der Waals surface area contributed by atoms with Gasteiger partial charge in [0.05, 0.1) is 16.5 Å². The second-order valence-electron chi connectivity index (χ2n) is 3.71. The summed E-state index contributed by atoms with van der Waals surface area (Å²) in [5, 5.41) is 9.06. The molecule has 3 heteroatoms. The summed E-state index contributed by atoms with van der Waals surface area (Å²) in [6, 6.07) is 7.93. The molecule has 0 radical (unpaired) electrons. The molecular formula is C13H14BrNO. The number of carbonyl (C=O) groups excluding carboxylic acids is 1. The van der Waals surface area contributed by atoms with E-state index in [0.29, 0.717) is 18.4 Å². The van der Waals surface area contributed by atoms with Crippen LogP contribution in [0, 0.1) is 18.3 Å². The first-order valence-electron chi connectivity index (χ1n) is 5.25.